The molecule has 0 saturated carbocycles. The van der Waals surface area contributed by atoms with Crippen molar-refractivity contribution in [2.75, 3.05) is 4.90 Å². The van der Waals surface area contributed by atoms with E-state index in [4.69, 9.17) is 4.74 Å². The molecule has 0 unspecified atom stereocenters. The van der Waals surface area contributed by atoms with Gasteiger partial charge in [0.05, 0.1) is 0 Å². The van der Waals surface area contributed by atoms with Gasteiger partial charge in [0.15, 0.2) is 5.78 Å². The molecule has 0 aliphatic rings. The monoisotopic (exact) mass is 377 g/mol. The van der Waals surface area contributed by atoms with Gasteiger partial charge in [-0.1, -0.05) is 43.3 Å². The van der Waals surface area contributed by atoms with Gasteiger partial charge >= 0.3 is 5.97 Å². The van der Waals surface area contributed by atoms with Gasteiger partial charge in [-0.3, -0.25) is 14.5 Å². The number of hydrogen-bond donors (Lipinski definition) is 0. The van der Waals surface area contributed by atoms with E-state index in [-0.39, 0.29) is 11.7 Å². The lowest BCUT2D eigenvalue weighted by Gasteiger charge is -2.21. The van der Waals surface area contributed by atoms with E-state index >= 15 is 0 Å². The SMILES string of the molecule is CCC(=O)/C=C/C(=O)O[C@H](C)/C=C\C(=O)N(c1ccccc1)c1ccccc1. The Labute approximate surface area is 164 Å². The van der Waals surface area contributed by atoms with E-state index in [1.165, 1.54) is 18.2 Å². The molecule has 28 heavy (non-hydrogen) atoms. The van der Waals surface area contributed by atoms with Gasteiger partial charge in [-0.25, -0.2) is 4.79 Å². The van der Waals surface area contributed by atoms with Gasteiger partial charge in [0, 0.05) is 29.9 Å². The van der Waals surface area contributed by atoms with Gasteiger partial charge in [0.2, 0.25) is 0 Å². The highest BCUT2D eigenvalue weighted by Gasteiger charge is 2.15. The average molecular weight is 377 g/mol. The van der Waals surface area contributed by atoms with Gasteiger partial charge in [0.1, 0.15) is 6.10 Å². The predicted octanol–water partition coefficient (Wildman–Crippen LogP) is 4.37. The number of ketones is 1. The lowest BCUT2D eigenvalue weighted by Crippen LogP contribution is -2.24. The van der Waals surface area contributed by atoms with Crippen molar-refractivity contribution in [1.82, 2.24) is 0 Å². The Morgan fingerprint density at radius 1 is 0.893 bits per heavy atom. The Bertz CT molecular complexity index is 817. The smallest absolute Gasteiger partial charge is 0.331 e. The van der Waals surface area contributed by atoms with Crippen LogP contribution in [0.4, 0.5) is 11.4 Å². The fraction of sp³-hybridized carbons (Fsp3) is 0.174. The van der Waals surface area contributed by atoms with Gasteiger partial charge in [-0.15, -0.1) is 0 Å². The summed E-state index contributed by atoms with van der Waals surface area (Å²) in [6.45, 7) is 3.35. The minimum absolute atomic E-state index is 0.156. The van der Waals surface area contributed by atoms with Crippen LogP contribution in [0, 0.1) is 0 Å². The van der Waals surface area contributed by atoms with Crippen LogP contribution in [0.3, 0.4) is 0 Å². The summed E-state index contributed by atoms with van der Waals surface area (Å²) in [6.07, 6.45) is 4.87. The average Bonchev–Trinajstić information content (AvgIpc) is 2.72. The summed E-state index contributed by atoms with van der Waals surface area (Å²) in [4.78, 5) is 37.3. The third kappa shape index (κ3) is 6.36. The zero-order valence-electron chi connectivity index (χ0n) is 15.9. The first-order valence-corrected chi connectivity index (χ1v) is 9.05. The van der Waals surface area contributed by atoms with Crippen LogP contribution in [-0.4, -0.2) is 23.8 Å². The fourth-order valence-corrected chi connectivity index (χ4v) is 2.39. The molecule has 0 bridgehead atoms. The topological polar surface area (TPSA) is 63.7 Å². The Morgan fingerprint density at radius 2 is 1.43 bits per heavy atom. The summed E-state index contributed by atoms with van der Waals surface area (Å²) in [5.41, 5.74) is 1.46. The minimum atomic E-state index is -0.630. The lowest BCUT2D eigenvalue weighted by atomic mass is 10.2. The first-order valence-electron chi connectivity index (χ1n) is 9.05. The van der Waals surface area contributed by atoms with Crippen molar-refractivity contribution in [2.45, 2.75) is 26.4 Å². The molecule has 0 N–H and O–H groups in total. The zero-order valence-corrected chi connectivity index (χ0v) is 15.9. The van der Waals surface area contributed by atoms with Crippen LogP contribution in [0.2, 0.25) is 0 Å². The second-order valence-corrected chi connectivity index (χ2v) is 6.00. The van der Waals surface area contributed by atoms with Gasteiger partial charge in [0.25, 0.3) is 5.91 Å². The number of benzene rings is 2. The van der Waals surface area contributed by atoms with E-state index in [1.54, 1.807) is 18.7 Å². The number of hydrogen-bond acceptors (Lipinski definition) is 4. The maximum absolute atomic E-state index is 12.8. The summed E-state index contributed by atoms with van der Waals surface area (Å²) in [7, 11) is 0. The summed E-state index contributed by atoms with van der Waals surface area (Å²) in [5.74, 6) is -1.05. The summed E-state index contributed by atoms with van der Waals surface area (Å²) >= 11 is 0. The van der Waals surface area contributed by atoms with Crippen molar-refractivity contribution in [3.05, 3.63) is 85.0 Å². The van der Waals surface area contributed by atoms with Gasteiger partial charge < -0.3 is 4.74 Å². The largest absolute Gasteiger partial charge is 0.455 e. The number of carbonyl (C=O) groups excluding carboxylic acids is 3. The van der Waals surface area contributed by atoms with Crippen LogP contribution in [0.25, 0.3) is 0 Å². The number of carbonyl (C=O) groups is 3. The van der Waals surface area contributed by atoms with Crippen molar-refractivity contribution >= 4 is 29.0 Å². The first-order chi connectivity index (χ1) is 13.5. The van der Waals surface area contributed by atoms with E-state index in [0.717, 1.165) is 17.5 Å². The Balaban J connectivity index is 2.10. The molecule has 2 rings (SSSR count). The molecule has 5 nitrogen and oxygen atoms in total. The standard InChI is InChI=1S/C23H23NO4/c1-3-21(25)15-17-23(27)28-18(2)14-16-22(26)24(19-10-6-4-7-11-19)20-12-8-5-9-13-20/h4-18H,3H2,1-2H3/b16-14-,17-15+/t18-/m1/s1. The maximum atomic E-state index is 12.8. The van der Waals surface area contributed by atoms with Crippen molar-refractivity contribution in [3.8, 4) is 0 Å². The molecule has 0 aromatic heterocycles. The van der Waals surface area contributed by atoms with Crippen molar-refractivity contribution < 1.29 is 19.1 Å². The van der Waals surface area contributed by atoms with Crippen LogP contribution < -0.4 is 4.90 Å². The molecule has 0 radical (unpaired) electrons. The fourth-order valence-electron chi connectivity index (χ4n) is 2.39. The molecule has 1 amide bonds. The number of allylic oxidation sites excluding steroid dienone is 1. The normalized spacial score (nSPS) is 12.1. The van der Waals surface area contributed by atoms with E-state index in [0.29, 0.717) is 6.42 Å². The van der Waals surface area contributed by atoms with Crippen LogP contribution >= 0.6 is 0 Å². The molecular formula is C23H23NO4. The quantitative estimate of drug-likeness (QED) is 0.506. The van der Waals surface area contributed by atoms with Gasteiger partial charge in [-0.2, -0.15) is 0 Å². The van der Waals surface area contributed by atoms with E-state index < -0.39 is 12.1 Å². The molecule has 144 valence electrons. The molecule has 0 aliphatic heterocycles. The first kappa shape index (κ1) is 20.8. The third-order valence-electron chi connectivity index (χ3n) is 3.81. The molecule has 2 aromatic carbocycles. The second kappa shape index (κ2) is 10.6. The molecule has 0 heterocycles. The number of para-hydroxylation sites is 2. The van der Waals surface area contributed by atoms with Crippen LogP contribution in [0.5, 0.6) is 0 Å². The minimum Gasteiger partial charge on any atom is -0.455 e. The molecule has 5 heteroatoms. The maximum Gasteiger partial charge on any atom is 0.331 e. The Morgan fingerprint density at radius 3 is 1.93 bits per heavy atom. The second-order valence-electron chi connectivity index (χ2n) is 6.00. The van der Waals surface area contributed by atoms with E-state index in [1.807, 2.05) is 60.7 Å². The zero-order chi connectivity index (χ0) is 20.4. The molecule has 0 spiro atoms. The number of anilines is 2. The molecule has 0 saturated heterocycles. The highest BCUT2D eigenvalue weighted by molar-refractivity contribution is 6.07. The van der Waals surface area contributed by atoms with Crippen molar-refractivity contribution in [3.63, 3.8) is 0 Å². The van der Waals surface area contributed by atoms with Crippen LogP contribution in [0.15, 0.2) is 85.0 Å². The molecule has 1 atom stereocenters. The number of nitrogens with zero attached hydrogens (tertiary/aromatic N) is 1. The summed E-state index contributed by atoms with van der Waals surface area (Å²) in [5, 5.41) is 0. The molecular weight excluding hydrogens is 354 g/mol. The number of esters is 1. The lowest BCUT2D eigenvalue weighted by molar-refractivity contribution is -0.140. The van der Waals surface area contributed by atoms with Crippen molar-refractivity contribution in [1.29, 1.82) is 0 Å². The number of ether oxygens (including phenoxy) is 1. The Kier molecular flexibility index (Phi) is 7.91. The van der Waals surface area contributed by atoms with E-state index in [2.05, 4.69) is 0 Å². The molecule has 2 aromatic rings. The van der Waals surface area contributed by atoms with Crippen LogP contribution in [-0.2, 0) is 19.1 Å². The molecule has 0 fully saturated rings. The Hall–Kier alpha value is -3.47. The number of rotatable bonds is 8. The van der Waals surface area contributed by atoms with Crippen LogP contribution in [0.1, 0.15) is 20.3 Å². The number of amides is 1. The molecule has 0 aliphatic carbocycles. The third-order valence-corrected chi connectivity index (χ3v) is 3.81. The van der Waals surface area contributed by atoms with Gasteiger partial charge in [-0.05, 0) is 43.3 Å². The highest BCUT2D eigenvalue weighted by Crippen LogP contribution is 2.25. The highest BCUT2D eigenvalue weighted by atomic mass is 16.5. The summed E-state index contributed by atoms with van der Waals surface area (Å²) in [6, 6.07) is 18.6. The van der Waals surface area contributed by atoms with Crippen molar-refractivity contribution in [2.24, 2.45) is 0 Å². The van der Waals surface area contributed by atoms with E-state index in [9.17, 15) is 14.4 Å². The predicted molar refractivity (Wildman–Crippen MR) is 109 cm³/mol. The summed E-state index contributed by atoms with van der Waals surface area (Å²) < 4.78 is 5.15.